The van der Waals surface area contributed by atoms with E-state index in [2.05, 4.69) is 21.2 Å². The van der Waals surface area contributed by atoms with Crippen molar-refractivity contribution in [3.63, 3.8) is 0 Å². The Hall–Kier alpha value is -3.66. The second-order valence-corrected chi connectivity index (χ2v) is 14.0. The second kappa shape index (κ2) is 16.1. The van der Waals surface area contributed by atoms with E-state index in [0.717, 1.165) is 38.3 Å². The molecule has 0 aromatic heterocycles. The fourth-order valence-corrected chi connectivity index (χ4v) is 6.85. The van der Waals surface area contributed by atoms with Gasteiger partial charge in [0.15, 0.2) is 0 Å². The van der Waals surface area contributed by atoms with Gasteiger partial charge in [-0.2, -0.15) is 0 Å². The fraction of sp³-hybridized carbons (Fsp3) is 0.257. The molecule has 10 heteroatoms. The van der Waals surface area contributed by atoms with Crippen molar-refractivity contribution in [2.24, 2.45) is 0 Å². The molecule has 4 rings (SSSR count). The van der Waals surface area contributed by atoms with Crippen molar-refractivity contribution in [2.75, 3.05) is 17.4 Å². The number of hydrogen-bond acceptors (Lipinski definition) is 4. The van der Waals surface area contributed by atoms with Gasteiger partial charge in [-0.1, -0.05) is 101 Å². The molecule has 0 aliphatic rings. The molecular formula is C35H37BrClN3O4S. The smallest absolute Gasteiger partial charge is 0.264 e. The summed E-state index contributed by atoms with van der Waals surface area (Å²) < 4.78 is 30.1. The highest BCUT2D eigenvalue weighted by molar-refractivity contribution is 9.10. The molecule has 236 valence electrons. The van der Waals surface area contributed by atoms with Crippen LogP contribution >= 0.6 is 27.5 Å². The van der Waals surface area contributed by atoms with Gasteiger partial charge in [0.25, 0.3) is 10.0 Å². The van der Waals surface area contributed by atoms with Gasteiger partial charge in [0.2, 0.25) is 11.8 Å². The molecular weight excluding hydrogens is 674 g/mol. The summed E-state index contributed by atoms with van der Waals surface area (Å²) in [6, 6.07) is 28.9. The molecule has 1 atom stereocenters. The molecule has 2 amide bonds. The summed E-state index contributed by atoms with van der Waals surface area (Å²) in [6.07, 6.45) is 1.95. The minimum absolute atomic E-state index is 0.0486. The minimum Gasteiger partial charge on any atom is -0.354 e. The topological polar surface area (TPSA) is 86.8 Å². The Kier molecular flexibility index (Phi) is 12.2. The van der Waals surface area contributed by atoms with E-state index < -0.39 is 28.5 Å². The molecule has 0 spiro atoms. The molecule has 0 saturated carbocycles. The Bertz CT molecular complexity index is 1680. The van der Waals surface area contributed by atoms with Gasteiger partial charge in [0.05, 0.1) is 10.6 Å². The number of sulfonamides is 1. The van der Waals surface area contributed by atoms with Crippen molar-refractivity contribution in [3.8, 4) is 0 Å². The van der Waals surface area contributed by atoms with E-state index in [1.807, 2.05) is 68.4 Å². The molecule has 0 unspecified atom stereocenters. The predicted molar refractivity (Wildman–Crippen MR) is 184 cm³/mol. The van der Waals surface area contributed by atoms with E-state index >= 15 is 0 Å². The van der Waals surface area contributed by atoms with Crippen molar-refractivity contribution in [3.05, 3.63) is 129 Å². The maximum atomic E-state index is 14.5. The summed E-state index contributed by atoms with van der Waals surface area (Å²) in [7, 11) is -4.18. The van der Waals surface area contributed by atoms with Gasteiger partial charge >= 0.3 is 0 Å². The third kappa shape index (κ3) is 9.42. The lowest BCUT2D eigenvalue weighted by molar-refractivity contribution is -0.140. The Labute approximate surface area is 279 Å². The van der Waals surface area contributed by atoms with Crippen molar-refractivity contribution in [1.82, 2.24) is 10.2 Å². The molecule has 0 aliphatic heterocycles. The zero-order chi connectivity index (χ0) is 32.4. The normalized spacial score (nSPS) is 11.9. The zero-order valence-corrected chi connectivity index (χ0v) is 28.5. The third-order valence-electron chi connectivity index (χ3n) is 7.35. The molecule has 45 heavy (non-hydrogen) atoms. The number of hydrogen-bond donors (Lipinski definition) is 1. The van der Waals surface area contributed by atoms with Gasteiger partial charge in [-0.25, -0.2) is 8.42 Å². The van der Waals surface area contributed by atoms with Crippen LogP contribution in [0.2, 0.25) is 5.02 Å². The largest absolute Gasteiger partial charge is 0.354 e. The van der Waals surface area contributed by atoms with Crippen LogP contribution in [0.4, 0.5) is 5.69 Å². The van der Waals surface area contributed by atoms with Gasteiger partial charge in [-0.15, -0.1) is 0 Å². The van der Waals surface area contributed by atoms with E-state index in [1.165, 1.54) is 17.0 Å². The lowest BCUT2D eigenvalue weighted by atomic mass is 10.0. The molecule has 0 heterocycles. The van der Waals surface area contributed by atoms with Crippen LogP contribution in [0.3, 0.4) is 0 Å². The number of nitrogens with zero attached hydrogens (tertiary/aromatic N) is 2. The van der Waals surface area contributed by atoms with Crippen LogP contribution in [-0.2, 0) is 32.6 Å². The average Bonchev–Trinajstić information content (AvgIpc) is 3.02. The standard InChI is InChI=1S/C35H37BrClN3O4S/c1-3-4-21-38-35(42)33(23-27-9-6-5-7-10-27)39(24-28-11-8-12-29(36)22-28)34(41)25-40(31-17-15-30(37)16-18-31)45(43,44)32-19-13-26(2)14-20-32/h5-20,22,33H,3-4,21,23-25H2,1-2H3,(H,38,42)/t33-/m0/s1. The summed E-state index contributed by atoms with van der Waals surface area (Å²) in [6.45, 7) is 3.94. The van der Waals surface area contributed by atoms with Crippen molar-refractivity contribution < 1.29 is 18.0 Å². The number of carbonyl (C=O) groups is 2. The molecule has 0 bridgehead atoms. The third-order valence-corrected chi connectivity index (χ3v) is 9.88. The number of anilines is 1. The summed E-state index contributed by atoms with van der Waals surface area (Å²) >= 11 is 9.64. The van der Waals surface area contributed by atoms with Gasteiger partial charge in [0.1, 0.15) is 12.6 Å². The molecule has 1 N–H and O–H groups in total. The summed E-state index contributed by atoms with van der Waals surface area (Å²) in [5.74, 6) is -0.817. The van der Waals surface area contributed by atoms with Gasteiger partial charge in [0, 0.05) is 29.0 Å². The first-order valence-corrected chi connectivity index (χ1v) is 17.4. The van der Waals surface area contributed by atoms with Gasteiger partial charge in [-0.3, -0.25) is 13.9 Å². The van der Waals surface area contributed by atoms with E-state index in [-0.39, 0.29) is 29.5 Å². The second-order valence-electron chi connectivity index (χ2n) is 10.8. The molecule has 7 nitrogen and oxygen atoms in total. The van der Waals surface area contributed by atoms with Crippen molar-refractivity contribution >= 4 is 55.1 Å². The highest BCUT2D eigenvalue weighted by atomic mass is 79.9. The highest BCUT2D eigenvalue weighted by Crippen LogP contribution is 2.27. The Morgan fingerprint density at radius 3 is 2.20 bits per heavy atom. The Morgan fingerprint density at radius 2 is 1.56 bits per heavy atom. The van der Waals surface area contributed by atoms with Gasteiger partial charge < -0.3 is 10.2 Å². The molecule has 0 fully saturated rings. The maximum absolute atomic E-state index is 14.5. The highest BCUT2D eigenvalue weighted by Gasteiger charge is 2.34. The molecule has 4 aromatic carbocycles. The lowest BCUT2D eigenvalue weighted by Gasteiger charge is -2.34. The van der Waals surface area contributed by atoms with Crippen molar-refractivity contribution in [2.45, 2.75) is 50.6 Å². The van der Waals surface area contributed by atoms with Crippen LogP contribution < -0.4 is 9.62 Å². The fourth-order valence-electron chi connectivity index (χ4n) is 4.87. The van der Waals surface area contributed by atoms with Crippen LogP contribution in [0, 0.1) is 6.92 Å². The first-order chi connectivity index (χ1) is 21.6. The van der Waals surface area contributed by atoms with E-state index in [9.17, 15) is 18.0 Å². The van der Waals surface area contributed by atoms with Crippen LogP contribution in [-0.4, -0.2) is 44.3 Å². The molecule has 0 radical (unpaired) electrons. The number of unbranched alkanes of at least 4 members (excludes halogenated alkanes) is 1. The number of halogens is 2. The monoisotopic (exact) mass is 709 g/mol. The van der Waals surface area contributed by atoms with Crippen molar-refractivity contribution in [1.29, 1.82) is 0 Å². The van der Waals surface area contributed by atoms with Crippen LogP contribution in [0.5, 0.6) is 0 Å². The summed E-state index contributed by atoms with van der Waals surface area (Å²) in [5, 5.41) is 3.43. The maximum Gasteiger partial charge on any atom is 0.264 e. The number of carbonyl (C=O) groups excluding carboxylic acids is 2. The first-order valence-electron chi connectivity index (χ1n) is 14.8. The van der Waals surface area contributed by atoms with Crippen LogP contribution in [0.15, 0.2) is 112 Å². The Morgan fingerprint density at radius 1 is 0.889 bits per heavy atom. The summed E-state index contributed by atoms with van der Waals surface area (Å²) in [4.78, 5) is 29.8. The van der Waals surface area contributed by atoms with E-state index in [4.69, 9.17) is 11.6 Å². The molecule has 0 saturated heterocycles. The van der Waals surface area contributed by atoms with E-state index in [0.29, 0.717) is 11.6 Å². The minimum atomic E-state index is -4.18. The first kappa shape index (κ1) is 34.2. The average molecular weight is 711 g/mol. The quantitative estimate of drug-likeness (QED) is 0.141. The number of amides is 2. The molecule has 0 aliphatic carbocycles. The SMILES string of the molecule is CCCCNC(=O)[C@H](Cc1ccccc1)N(Cc1cccc(Br)c1)C(=O)CN(c1ccc(Cl)cc1)S(=O)(=O)c1ccc(C)cc1. The number of aryl methyl sites for hydroxylation is 1. The molecule has 4 aromatic rings. The van der Waals surface area contributed by atoms with E-state index in [1.54, 1.807) is 36.4 Å². The lowest BCUT2D eigenvalue weighted by Crippen LogP contribution is -2.53. The van der Waals surface area contributed by atoms with Crippen LogP contribution in [0.1, 0.15) is 36.5 Å². The van der Waals surface area contributed by atoms with Crippen LogP contribution in [0.25, 0.3) is 0 Å². The number of nitrogens with one attached hydrogen (secondary N) is 1. The number of benzene rings is 4. The zero-order valence-electron chi connectivity index (χ0n) is 25.3. The predicted octanol–water partition coefficient (Wildman–Crippen LogP) is 7.16. The van der Waals surface area contributed by atoms with Gasteiger partial charge in [-0.05, 0) is 73.0 Å². The number of rotatable bonds is 14. The Balaban J connectivity index is 1.78. The summed E-state index contributed by atoms with van der Waals surface area (Å²) in [5.41, 5.74) is 2.85.